The maximum Gasteiger partial charge on any atom is 0.263 e. The van der Waals surface area contributed by atoms with Crippen molar-refractivity contribution >= 4 is 21.4 Å². The van der Waals surface area contributed by atoms with Gasteiger partial charge < -0.3 is 5.32 Å². The Bertz CT molecular complexity index is 740. The molecule has 0 unspecified atom stereocenters. The number of sulfonamides is 1. The summed E-state index contributed by atoms with van der Waals surface area (Å²) in [5, 5.41) is 2.91. The standard InChI is InChI=1S/C16H20N2O2S/c1-4-13-9-7-8-12(2)16(13)18-21(19,20)15-11-6-5-10-14(15)17-3/h5-11,17-18H,4H2,1-3H3. The first-order chi connectivity index (χ1) is 9.99. The number of para-hydroxylation sites is 2. The molecule has 21 heavy (non-hydrogen) atoms. The van der Waals surface area contributed by atoms with Gasteiger partial charge in [0.25, 0.3) is 10.0 Å². The molecule has 0 aliphatic heterocycles. The Morgan fingerprint density at radius 2 is 1.76 bits per heavy atom. The number of hydrogen-bond acceptors (Lipinski definition) is 3. The number of anilines is 2. The predicted molar refractivity (Wildman–Crippen MR) is 87.4 cm³/mol. The molecule has 0 radical (unpaired) electrons. The predicted octanol–water partition coefficient (Wildman–Crippen LogP) is 3.40. The van der Waals surface area contributed by atoms with E-state index in [1.54, 1.807) is 31.3 Å². The van der Waals surface area contributed by atoms with E-state index in [9.17, 15) is 8.42 Å². The number of nitrogens with one attached hydrogen (secondary N) is 2. The van der Waals surface area contributed by atoms with Crippen LogP contribution >= 0.6 is 0 Å². The zero-order valence-corrected chi connectivity index (χ0v) is 13.3. The van der Waals surface area contributed by atoms with E-state index in [-0.39, 0.29) is 4.90 Å². The molecule has 5 heteroatoms. The Kier molecular flexibility index (Phi) is 4.53. The highest BCUT2D eigenvalue weighted by Gasteiger charge is 2.19. The van der Waals surface area contributed by atoms with Gasteiger partial charge in [-0.3, -0.25) is 4.72 Å². The van der Waals surface area contributed by atoms with E-state index in [0.717, 1.165) is 17.5 Å². The van der Waals surface area contributed by atoms with Gasteiger partial charge in [0.2, 0.25) is 0 Å². The van der Waals surface area contributed by atoms with Crippen molar-refractivity contribution in [3.8, 4) is 0 Å². The summed E-state index contributed by atoms with van der Waals surface area (Å²) < 4.78 is 28.0. The van der Waals surface area contributed by atoms with Gasteiger partial charge >= 0.3 is 0 Å². The molecule has 0 aromatic heterocycles. The lowest BCUT2D eigenvalue weighted by atomic mass is 10.1. The van der Waals surface area contributed by atoms with Crippen LogP contribution in [0.1, 0.15) is 18.1 Å². The maximum absolute atomic E-state index is 12.7. The molecule has 2 N–H and O–H groups in total. The lowest BCUT2D eigenvalue weighted by Crippen LogP contribution is -2.16. The van der Waals surface area contributed by atoms with Gasteiger partial charge in [-0.15, -0.1) is 0 Å². The Morgan fingerprint density at radius 1 is 1.05 bits per heavy atom. The Labute approximate surface area is 126 Å². The highest BCUT2D eigenvalue weighted by atomic mass is 32.2. The van der Waals surface area contributed by atoms with Crippen LogP contribution in [0.25, 0.3) is 0 Å². The van der Waals surface area contributed by atoms with Crippen molar-refractivity contribution in [3.63, 3.8) is 0 Å². The molecule has 0 aliphatic carbocycles. The normalized spacial score (nSPS) is 11.2. The van der Waals surface area contributed by atoms with Gasteiger partial charge in [0.05, 0.1) is 11.4 Å². The number of rotatable bonds is 5. The third-order valence-electron chi connectivity index (χ3n) is 3.42. The summed E-state index contributed by atoms with van der Waals surface area (Å²) in [6.07, 6.45) is 0.771. The van der Waals surface area contributed by atoms with Crippen molar-refractivity contribution < 1.29 is 8.42 Å². The van der Waals surface area contributed by atoms with Crippen molar-refractivity contribution in [2.24, 2.45) is 0 Å². The van der Waals surface area contributed by atoms with Crippen LogP contribution in [-0.4, -0.2) is 15.5 Å². The second-order valence-electron chi connectivity index (χ2n) is 4.81. The fourth-order valence-corrected chi connectivity index (χ4v) is 3.65. The highest BCUT2D eigenvalue weighted by molar-refractivity contribution is 7.92. The van der Waals surface area contributed by atoms with Crippen LogP contribution in [0.5, 0.6) is 0 Å². The average molecular weight is 304 g/mol. The first-order valence-electron chi connectivity index (χ1n) is 6.87. The Morgan fingerprint density at radius 3 is 2.43 bits per heavy atom. The van der Waals surface area contributed by atoms with E-state index >= 15 is 0 Å². The van der Waals surface area contributed by atoms with Gasteiger partial charge in [-0.25, -0.2) is 8.42 Å². The zero-order valence-electron chi connectivity index (χ0n) is 12.5. The van der Waals surface area contributed by atoms with Crippen molar-refractivity contribution in [2.45, 2.75) is 25.2 Å². The molecule has 112 valence electrons. The van der Waals surface area contributed by atoms with E-state index in [2.05, 4.69) is 10.0 Å². The van der Waals surface area contributed by atoms with Crippen molar-refractivity contribution in [1.82, 2.24) is 0 Å². The maximum atomic E-state index is 12.7. The number of aryl methyl sites for hydroxylation is 2. The van der Waals surface area contributed by atoms with Crippen LogP contribution in [0.3, 0.4) is 0 Å². The van der Waals surface area contributed by atoms with Gasteiger partial charge in [-0.2, -0.15) is 0 Å². The van der Waals surface area contributed by atoms with Gasteiger partial charge in [0.15, 0.2) is 0 Å². The summed E-state index contributed by atoms with van der Waals surface area (Å²) in [4.78, 5) is 0.248. The second kappa shape index (κ2) is 6.18. The Balaban J connectivity index is 2.48. The molecule has 0 saturated carbocycles. The van der Waals surface area contributed by atoms with Crippen molar-refractivity contribution in [3.05, 3.63) is 53.6 Å². The first-order valence-corrected chi connectivity index (χ1v) is 8.36. The van der Waals surface area contributed by atoms with E-state index in [1.807, 2.05) is 32.0 Å². The lowest BCUT2D eigenvalue weighted by Gasteiger charge is -2.16. The summed E-state index contributed by atoms with van der Waals surface area (Å²) in [7, 11) is -1.92. The molecule has 2 aromatic carbocycles. The van der Waals surface area contributed by atoms with Gasteiger partial charge in [-0.05, 0) is 36.6 Å². The van der Waals surface area contributed by atoms with Crippen LogP contribution in [-0.2, 0) is 16.4 Å². The molecule has 2 aromatic rings. The third-order valence-corrected chi connectivity index (χ3v) is 4.83. The largest absolute Gasteiger partial charge is 0.387 e. The minimum Gasteiger partial charge on any atom is -0.387 e. The molecular formula is C16H20N2O2S. The molecular weight excluding hydrogens is 284 g/mol. The van der Waals surface area contributed by atoms with Crippen LogP contribution in [0.4, 0.5) is 11.4 Å². The van der Waals surface area contributed by atoms with Crippen LogP contribution in [0, 0.1) is 6.92 Å². The van der Waals surface area contributed by atoms with E-state index in [1.165, 1.54) is 0 Å². The van der Waals surface area contributed by atoms with Crippen molar-refractivity contribution in [2.75, 3.05) is 17.1 Å². The summed E-state index contributed by atoms with van der Waals surface area (Å²) in [5.41, 5.74) is 3.16. The third kappa shape index (κ3) is 3.19. The van der Waals surface area contributed by atoms with E-state index < -0.39 is 10.0 Å². The van der Waals surface area contributed by atoms with Crippen LogP contribution in [0.2, 0.25) is 0 Å². The average Bonchev–Trinajstić information content (AvgIpc) is 2.49. The zero-order chi connectivity index (χ0) is 15.5. The topological polar surface area (TPSA) is 58.2 Å². The van der Waals surface area contributed by atoms with Crippen LogP contribution in [0.15, 0.2) is 47.4 Å². The minimum atomic E-state index is -3.62. The fourth-order valence-electron chi connectivity index (χ4n) is 2.27. The molecule has 4 nitrogen and oxygen atoms in total. The summed E-state index contributed by atoms with van der Waals surface area (Å²) in [5.74, 6) is 0. The van der Waals surface area contributed by atoms with Gasteiger partial charge in [0.1, 0.15) is 4.90 Å². The molecule has 0 saturated heterocycles. The number of benzene rings is 2. The van der Waals surface area contributed by atoms with Gasteiger partial charge in [0, 0.05) is 7.05 Å². The number of hydrogen-bond donors (Lipinski definition) is 2. The molecule has 0 amide bonds. The van der Waals surface area contributed by atoms with Crippen LogP contribution < -0.4 is 10.0 Å². The smallest absolute Gasteiger partial charge is 0.263 e. The molecule has 0 spiro atoms. The summed E-state index contributed by atoms with van der Waals surface area (Å²) in [6.45, 7) is 3.91. The van der Waals surface area contributed by atoms with Crippen molar-refractivity contribution in [1.29, 1.82) is 0 Å². The first kappa shape index (κ1) is 15.4. The molecule has 0 aliphatic rings. The molecule has 0 atom stereocenters. The highest BCUT2D eigenvalue weighted by Crippen LogP contribution is 2.27. The SMILES string of the molecule is CCc1cccc(C)c1NS(=O)(=O)c1ccccc1NC. The summed E-state index contributed by atoms with van der Waals surface area (Å²) in [6, 6.07) is 12.6. The minimum absolute atomic E-state index is 0.248. The Hall–Kier alpha value is -2.01. The monoisotopic (exact) mass is 304 g/mol. The molecule has 0 bridgehead atoms. The summed E-state index contributed by atoms with van der Waals surface area (Å²) >= 11 is 0. The second-order valence-corrected chi connectivity index (χ2v) is 6.47. The quantitative estimate of drug-likeness (QED) is 0.890. The van der Waals surface area contributed by atoms with E-state index in [0.29, 0.717) is 11.4 Å². The van der Waals surface area contributed by atoms with Gasteiger partial charge in [-0.1, -0.05) is 37.3 Å². The molecule has 0 heterocycles. The van der Waals surface area contributed by atoms with E-state index in [4.69, 9.17) is 0 Å². The lowest BCUT2D eigenvalue weighted by molar-refractivity contribution is 0.601. The fraction of sp³-hybridized carbons (Fsp3) is 0.250. The molecule has 0 fully saturated rings. The molecule has 2 rings (SSSR count).